The van der Waals surface area contributed by atoms with E-state index in [0.29, 0.717) is 16.9 Å². The van der Waals surface area contributed by atoms with Crippen LogP contribution in [0.5, 0.6) is 0 Å². The van der Waals surface area contributed by atoms with Crippen molar-refractivity contribution in [3.8, 4) is 0 Å². The number of rotatable bonds is 4. The van der Waals surface area contributed by atoms with Crippen LogP contribution in [0, 0.1) is 18.6 Å². The van der Waals surface area contributed by atoms with Crippen LogP contribution in [0.2, 0.25) is 0 Å². The van der Waals surface area contributed by atoms with E-state index in [1.165, 1.54) is 18.5 Å². The van der Waals surface area contributed by atoms with Crippen LogP contribution < -0.4 is 10.6 Å². The molecule has 1 aromatic heterocycles. The average Bonchev–Trinajstić information content (AvgIpc) is 2.60. The van der Waals surface area contributed by atoms with Crippen LogP contribution in [0.1, 0.15) is 15.9 Å². The van der Waals surface area contributed by atoms with Crippen molar-refractivity contribution in [2.45, 2.75) is 6.92 Å². The molecule has 3 aromatic rings. The van der Waals surface area contributed by atoms with E-state index in [9.17, 15) is 13.6 Å². The summed E-state index contributed by atoms with van der Waals surface area (Å²) < 4.78 is 26.7. The lowest BCUT2D eigenvalue weighted by Gasteiger charge is -2.09. The summed E-state index contributed by atoms with van der Waals surface area (Å²) in [6.45, 7) is 1.96. The molecule has 126 valence electrons. The summed E-state index contributed by atoms with van der Waals surface area (Å²) in [5.74, 6) is -1.72. The Labute approximate surface area is 143 Å². The van der Waals surface area contributed by atoms with E-state index in [0.717, 1.165) is 17.7 Å². The van der Waals surface area contributed by atoms with Crippen LogP contribution in [0.25, 0.3) is 0 Å². The van der Waals surface area contributed by atoms with Gasteiger partial charge >= 0.3 is 0 Å². The summed E-state index contributed by atoms with van der Waals surface area (Å²) in [6.07, 6.45) is 2.86. The number of carbonyl (C=O) groups excluding carboxylic acids is 1. The smallest absolute Gasteiger partial charge is 0.257 e. The van der Waals surface area contributed by atoms with Crippen LogP contribution in [0.4, 0.5) is 25.8 Å². The maximum Gasteiger partial charge on any atom is 0.257 e. The minimum Gasteiger partial charge on any atom is -0.352 e. The molecule has 0 unspecified atom stereocenters. The number of carbonyl (C=O) groups is 1. The Balaban J connectivity index is 1.76. The molecular weight excluding hydrogens is 324 g/mol. The van der Waals surface area contributed by atoms with E-state index in [4.69, 9.17) is 0 Å². The SMILES string of the molecule is Cc1ccc(NC(=O)c2cncc(Nc3ccc(F)cc3F)c2)cc1. The predicted octanol–water partition coefficient (Wildman–Crippen LogP) is 4.66. The van der Waals surface area contributed by atoms with Gasteiger partial charge in [-0.05, 0) is 37.3 Å². The Morgan fingerprint density at radius 2 is 1.72 bits per heavy atom. The quantitative estimate of drug-likeness (QED) is 0.727. The third-order valence-electron chi connectivity index (χ3n) is 3.52. The van der Waals surface area contributed by atoms with E-state index in [2.05, 4.69) is 15.6 Å². The molecule has 0 saturated heterocycles. The van der Waals surface area contributed by atoms with Gasteiger partial charge in [0.25, 0.3) is 5.91 Å². The number of pyridine rings is 1. The highest BCUT2D eigenvalue weighted by molar-refractivity contribution is 6.04. The second-order valence-corrected chi connectivity index (χ2v) is 5.53. The Bertz CT molecular complexity index is 911. The molecular formula is C19H15F2N3O. The molecule has 0 saturated carbocycles. The first-order valence-corrected chi connectivity index (χ1v) is 7.56. The summed E-state index contributed by atoms with van der Waals surface area (Å²) in [5.41, 5.74) is 2.58. The second kappa shape index (κ2) is 7.09. The molecule has 1 amide bonds. The van der Waals surface area contributed by atoms with Crippen molar-refractivity contribution >= 4 is 23.0 Å². The van der Waals surface area contributed by atoms with Gasteiger partial charge in [0.1, 0.15) is 11.6 Å². The highest BCUT2D eigenvalue weighted by Crippen LogP contribution is 2.21. The molecule has 2 aromatic carbocycles. The van der Waals surface area contributed by atoms with Gasteiger partial charge in [0, 0.05) is 18.0 Å². The van der Waals surface area contributed by atoms with Crippen LogP contribution >= 0.6 is 0 Å². The Morgan fingerprint density at radius 3 is 2.44 bits per heavy atom. The molecule has 0 atom stereocenters. The van der Waals surface area contributed by atoms with E-state index in [1.54, 1.807) is 18.2 Å². The molecule has 0 spiro atoms. The molecule has 0 aliphatic carbocycles. The van der Waals surface area contributed by atoms with Crippen molar-refractivity contribution in [2.75, 3.05) is 10.6 Å². The Hall–Kier alpha value is -3.28. The second-order valence-electron chi connectivity index (χ2n) is 5.53. The highest BCUT2D eigenvalue weighted by atomic mass is 19.1. The molecule has 4 nitrogen and oxygen atoms in total. The fraction of sp³-hybridized carbons (Fsp3) is 0.0526. The molecule has 6 heteroatoms. The zero-order valence-electron chi connectivity index (χ0n) is 13.4. The van der Waals surface area contributed by atoms with Crippen molar-refractivity contribution in [1.29, 1.82) is 0 Å². The number of anilines is 3. The molecule has 3 rings (SSSR count). The maximum absolute atomic E-state index is 13.7. The van der Waals surface area contributed by atoms with Crippen molar-refractivity contribution in [1.82, 2.24) is 4.98 Å². The molecule has 25 heavy (non-hydrogen) atoms. The minimum absolute atomic E-state index is 0.0966. The summed E-state index contributed by atoms with van der Waals surface area (Å²) in [7, 11) is 0. The third kappa shape index (κ3) is 4.17. The predicted molar refractivity (Wildman–Crippen MR) is 93.0 cm³/mol. The Morgan fingerprint density at radius 1 is 0.960 bits per heavy atom. The molecule has 1 heterocycles. The summed E-state index contributed by atoms with van der Waals surface area (Å²) >= 11 is 0. The molecule has 0 radical (unpaired) electrons. The number of aromatic nitrogens is 1. The minimum atomic E-state index is -0.727. The fourth-order valence-electron chi connectivity index (χ4n) is 2.22. The van der Waals surface area contributed by atoms with Gasteiger partial charge in [-0.3, -0.25) is 9.78 Å². The molecule has 0 fully saturated rings. The lowest BCUT2D eigenvalue weighted by Crippen LogP contribution is -2.12. The first-order valence-electron chi connectivity index (χ1n) is 7.56. The van der Waals surface area contributed by atoms with Crippen molar-refractivity contribution in [3.05, 3.63) is 83.7 Å². The van der Waals surface area contributed by atoms with Crippen molar-refractivity contribution in [2.24, 2.45) is 0 Å². The number of amides is 1. The fourth-order valence-corrected chi connectivity index (χ4v) is 2.22. The number of hydrogen-bond acceptors (Lipinski definition) is 3. The summed E-state index contributed by atoms with van der Waals surface area (Å²) in [6, 6.07) is 12.1. The van der Waals surface area contributed by atoms with Crippen LogP contribution in [0.15, 0.2) is 60.9 Å². The highest BCUT2D eigenvalue weighted by Gasteiger charge is 2.09. The zero-order chi connectivity index (χ0) is 17.8. The van der Waals surface area contributed by atoms with Gasteiger partial charge in [0.05, 0.1) is 23.1 Å². The first kappa shape index (κ1) is 16.6. The topological polar surface area (TPSA) is 54.0 Å². The number of benzene rings is 2. The summed E-state index contributed by atoms with van der Waals surface area (Å²) in [4.78, 5) is 16.3. The van der Waals surface area contributed by atoms with Crippen LogP contribution in [-0.2, 0) is 0 Å². The number of halogens is 2. The maximum atomic E-state index is 13.7. The Kier molecular flexibility index (Phi) is 4.70. The molecule has 0 bridgehead atoms. The molecule has 0 aliphatic heterocycles. The lowest BCUT2D eigenvalue weighted by atomic mass is 10.2. The van der Waals surface area contributed by atoms with E-state index in [-0.39, 0.29) is 11.6 Å². The van der Waals surface area contributed by atoms with Gasteiger partial charge < -0.3 is 10.6 Å². The monoisotopic (exact) mass is 339 g/mol. The van der Waals surface area contributed by atoms with E-state index in [1.807, 2.05) is 19.1 Å². The van der Waals surface area contributed by atoms with Crippen molar-refractivity contribution < 1.29 is 13.6 Å². The van der Waals surface area contributed by atoms with Gasteiger partial charge in [-0.1, -0.05) is 17.7 Å². The zero-order valence-corrected chi connectivity index (χ0v) is 13.4. The van der Waals surface area contributed by atoms with Crippen LogP contribution in [-0.4, -0.2) is 10.9 Å². The van der Waals surface area contributed by atoms with Gasteiger partial charge in [-0.25, -0.2) is 8.78 Å². The largest absolute Gasteiger partial charge is 0.352 e. The number of nitrogens with zero attached hydrogens (tertiary/aromatic N) is 1. The van der Waals surface area contributed by atoms with Crippen LogP contribution in [0.3, 0.4) is 0 Å². The molecule has 2 N–H and O–H groups in total. The summed E-state index contributed by atoms with van der Waals surface area (Å²) in [5, 5.41) is 5.55. The average molecular weight is 339 g/mol. The van der Waals surface area contributed by atoms with E-state index >= 15 is 0 Å². The first-order chi connectivity index (χ1) is 12.0. The standard InChI is InChI=1S/C19H15F2N3O/c1-12-2-5-15(6-3-12)24-19(25)13-8-16(11-22-10-13)23-18-7-4-14(20)9-17(18)21/h2-11,23H,1H3,(H,24,25). The van der Waals surface area contributed by atoms with Crippen molar-refractivity contribution in [3.63, 3.8) is 0 Å². The lowest BCUT2D eigenvalue weighted by molar-refractivity contribution is 0.102. The number of nitrogens with one attached hydrogen (secondary N) is 2. The third-order valence-corrected chi connectivity index (χ3v) is 3.52. The van der Waals surface area contributed by atoms with Gasteiger partial charge in [0.15, 0.2) is 0 Å². The van der Waals surface area contributed by atoms with Gasteiger partial charge in [0.2, 0.25) is 0 Å². The van der Waals surface area contributed by atoms with Gasteiger partial charge in [-0.2, -0.15) is 0 Å². The molecule has 0 aliphatic rings. The number of hydrogen-bond donors (Lipinski definition) is 2. The normalized spacial score (nSPS) is 10.4. The van der Waals surface area contributed by atoms with E-state index < -0.39 is 11.6 Å². The number of aryl methyl sites for hydroxylation is 1. The van der Waals surface area contributed by atoms with Gasteiger partial charge in [-0.15, -0.1) is 0 Å².